The lowest BCUT2D eigenvalue weighted by atomic mass is 9.86. The predicted octanol–water partition coefficient (Wildman–Crippen LogP) is 5.21. The molecule has 0 saturated carbocycles. The molecule has 0 radical (unpaired) electrons. The zero-order valence-electron chi connectivity index (χ0n) is 22.5. The van der Waals surface area contributed by atoms with Gasteiger partial charge in [0.1, 0.15) is 11.2 Å². The molecular weight excluding hydrogens is 489 g/mol. The van der Waals surface area contributed by atoms with E-state index in [1.807, 2.05) is 4.90 Å². The third-order valence-corrected chi connectivity index (χ3v) is 6.66. The number of ether oxygens (including phenoxy) is 2. The normalized spacial score (nSPS) is 21.8. The van der Waals surface area contributed by atoms with Crippen molar-refractivity contribution in [1.82, 2.24) is 4.90 Å². The van der Waals surface area contributed by atoms with E-state index in [0.29, 0.717) is 37.2 Å². The quantitative estimate of drug-likeness (QED) is 0.541. The summed E-state index contributed by atoms with van der Waals surface area (Å²) in [6.45, 7) is 11.7. The van der Waals surface area contributed by atoms with Gasteiger partial charge in [0.15, 0.2) is 0 Å². The number of amides is 1. The number of carbonyl (C=O) groups is 2. The minimum atomic E-state index is -4.52. The minimum Gasteiger partial charge on any atom is -0.460 e. The SMILES string of the molecule is CC(C)(C)OC(=O)C1CCN(c2cc(C(F)(F)F)ccc2C2CN(C(=O)OC(C)(C)C)CC2CO)CC1. The molecule has 3 rings (SSSR count). The smallest absolute Gasteiger partial charge is 0.416 e. The maximum Gasteiger partial charge on any atom is 0.416 e. The first-order valence-electron chi connectivity index (χ1n) is 12.8. The molecule has 2 saturated heterocycles. The van der Waals surface area contributed by atoms with Crippen molar-refractivity contribution in [3.8, 4) is 0 Å². The molecule has 7 nitrogen and oxygen atoms in total. The molecule has 37 heavy (non-hydrogen) atoms. The van der Waals surface area contributed by atoms with E-state index in [1.165, 1.54) is 11.0 Å². The summed E-state index contributed by atoms with van der Waals surface area (Å²) in [5.41, 5.74) is -0.990. The predicted molar refractivity (Wildman–Crippen MR) is 133 cm³/mol. The van der Waals surface area contributed by atoms with Crippen molar-refractivity contribution >= 4 is 17.7 Å². The highest BCUT2D eigenvalue weighted by molar-refractivity contribution is 5.73. The number of piperidine rings is 1. The first-order chi connectivity index (χ1) is 17.0. The fraction of sp³-hybridized carbons (Fsp3) is 0.704. The first-order valence-corrected chi connectivity index (χ1v) is 12.8. The number of anilines is 1. The van der Waals surface area contributed by atoms with Crippen LogP contribution in [0.4, 0.5) is 23.7 Å². The second-order valence-corrected chi connectivity index (χ2v) is 12.0. The molecule has 1 N–H and O–H groups in total. The largest absolute Gasteiger partial charge is 0.460 e. The molecule has 2 aliphatic rings. The Kier molecular flexibility index (Phi) is 8.41. The van der Waals surface area contributed by atoms with Crippen LogP contribution in [-0.4, -0.2) is 66.1 Å². The van der Waals surface area contributed by atoms with Gasteiger partial charge >= 0.3 is 18.2 Å². The fourth-order valence-electron chi connectivity index (χ4n) is 4.93. The number of esters is 1. The molecule has 2 heterocycles. The molecule has 10 heteroatoms. The molecule has 2 atom stereocenters. The van der Waals surface area contributed by atoms with Crippen molar-refractivity contribution in [1.29, 1.82) is 0 Å². The molecule has 208 valence electrons. The van der Waals surface area contributed by atoms with Gasteiger partial charge in [0, 0.05) is 50.3 Å². The van der Waals surface area contributed by atoms with Crippen LogP contribution >= 0.6 is 0 Å². The topological polar surface area (TPSA) is 79.3 Å². The standard InChI is InChI=1S/C27H39F3N2O5/c1-25(2,3)36-23(34)17-9-11-31(12-10-17)22-13-19(27(28,29)30)7-8-20(22)21-15-32(14-18(21)16-33)24(35)37-26(4,5)6/h7-8,13,17-18,21,33H,9-12,14-16H2,1-6H3. The summed E-state index contributed by atoms with van der Waals surface area (Å²) in [7, 11) is 0. The molecular formula is C27H39F3N2O5. The van der Waals surface area contributed by atoms with Crippen LogP contribution in [-0.2, 0) is 20.4 Å². The van der Waals surface area contributed by atoms with Crippen molar-refractivity contribution < 1.29 is 37.3 Å². The Balaban J connectivity index is 1.87. The maximum atomic E-state index is 13.6. The van der Waals surface area contributed by atoms with Gasteiger partial charge in [-0.05, 0) is 72.1 Å². The Hall–Kier alpha value is -2.49. The van der Waals surface area contributed by atoms with Crippen LogP contribution in [0.5, 0.6) is 0 Å². The van der Waals surface area contributed by atoms with Crippen LogP contribution in [0.25, 0.3) is 0 Å². The fourth-order valence-corrected chi connectivity index (χ4v) is 4.93. The van der Waals surface area contributed by atoms with Gasteiger partial charge in [-0.1, -0.05) is 6.07 Å². The van der Waals surface area contributed by atoms with Gasteiger partial charge < -0.3 is 24.4 Å². The van der Waals surface area contributed by atoms with E-state index in [1.54, 1.807) is 41.5 Å². The van der Waals surface area contributed by atoms with Crippen LogP contribution in [0.15, 0.2) is 18.2 Å². The summed E-state index contributed by atoms with van der Waals surface area (Å²) in [4.78, 5) is 28.6. The van der Waals surface area contributed by atoms with E-state index in [4.69, 9.17) is 9.47 Å². The molecule has 0 aliphatic carbocycles. The second-order valence-electron chi connectivity index (χ2n) is 12.0. The maximum absolute atomic E-state index is 13.6. The summed E-state index contributed by atoms with van der Waals surface area (Å²) in [6.07, 6.45) is -4.11. The molecule has 1 amide bonds. The molecule has 1 aromatic rings. The van der Waals surface area contributed by atoms with Crippen LogP contribution in [0, 0.1) is 11.8 Å². The molecule has 0 aromatic heterocycles. The number of nitrogens with zero attached hydrogens (tertiary/aromatic N) is 2. The molecule has 2 unspecified atom stereocenters. The van der Waals surface area contributed by atoms with E-state index >= 15 is 0 Å². The number of alkyl halides is 3. The van der Waals surface area contributed by atoms with Crippen LogP contribution in [0.1, 0.15) is 71.4 Å². The van der Waals surface area contributed by atoms with Gasteiger partial charge in [-0.3, -0.25) is 4.79 Å². The average molecular weight is 529 g/mol. The third-order valence-electron chi connectivity index (χ3n) is 6.66. The van der Waals surface area contributed by atoms with Gasteiger partial charge in [-0.2, -0.15) is 13.2 Å². The molecule has 0 spiro atoms. The van der Waals surface area contributed by atoms with E-state index in [0.717, 1.165) is 12.1 Å². The van der Waals surface area contributed by atoms with E-state index in [2.05, 4.69) is 0 Å². The summed E-state index contributed by atoms with van der Waals surface area (Å²) >= 11 is 0. The van der Waals surface area contributed by atoms with E-state index in [-0.39, 0.29) is 43.4 Å². The van der Waals surface area contributed by atoms with Crippen molar-refractivity contribution in [3.63, 3.8) is 0 Å². The number of aliphatic hydroxyl groups is 1. The Morgan fingerprint density at radius 1 is 0.973 bits per heavy atom. The lowest BCUT2D eigenvalue weighted by Crippen LogP contribution is -2.39. The number of hydrogen-bond acceptors (Lipinski definition) is 6. The number of benzene rings is 1. The number of aliphatic hydroxyl groups excluding tert-OH is 1. The Morgan fingerprint density at radius 2 is 1.57 bits per heavy atom. The van der Waals surface area contributed by atoms with Gasteiger partial charge in [0.2, 0.25) is 0 Å². The summed E-state index contributed by atoms with van der Waals surface area (Å²) in [5.74, 6) is -1.31. The Labute approximate surface area is 216 Å². The van der Waals surface area contributed by atoms with Crippen molar-refractivity contribution in [2.75, 3.05) is 37.7 Å². The minimum absolute atomic E-state index is 0.217. The van der Waals surface area contributed by atoms with Gasteiger partial charge in [0.05, 0.1) is 11.5 Å². The lowest BCUT2D eigenvalue weighted by Gasteiger charge is -2.36. The monoisotopic (exact) mass is 528 g/mol. The van der Waals surface area contributed by atoms with Gasteiger partial charge in [-0.25, -0.2) is 4.79 Å². The lowest BCUT2D eigenvalue weighted by molar-refractivity contribution is -0.160. The highest BCUT2D eigenvalue weighted by Gasteiger charge is 2.41. The Morgan fingerprint density at radius 3 is 2.08 bits per heavy atom. The first kappa shape index (κ1) is 29.1. The highest BCUT2D eigenvalue weighted by atomic mass is 19.4. The third kappa shape index (κ3) is 7.52. The molecule has 2 aliphatic heterocycles. The number of hydrogen-bond donors (Lipinski definition) is 1. The summed E-state index contributed by atoms with van der Waals surface area (Å²) in [5, 5.41) is 10.1. The molecule has 1 aromatic carbocycles. The Bertz CT molecular complexity index is 976. The number of carbonyl (C=O) groups excluding carboxylic acids is 2. The number of halogens is 3. The summed E-state index contributed by atoms with van der Waals surface area (Å²) < 4.78 is 51.9. The number of likely N-dealkylation sites (tertiary alicyclic amines) is 1. The van der Waals surface area contributed by atoms with Gasteiger partial charge in [0.25, 0.3) is 0 Å². The zero-order valence-corrected chi connectivity index (χ0v) is 22.5. The molecule has 0 bridgehead atoms. The second kappa shape index (κ2) is 10.7. The van der Waals surface area contributed by atoms with Crippen LogP contribution in [0.2, 0.25) is 0 Å². The molecule has 2 fully saturated rings. The van der Waals surface area contributed by atoms with Gasteiger partial charge in [-0.15, -0.1) is 0 Å². The van der Waals surface area contributed by atoms with E-state index in [9.17, 15) is 27.9 Å². The average Bonchev–Trinajstić information content (AvgIpc) is 3.20. The van der Waals surface area contributed by atoms with Crippen molar-refractivity contribution in [3.05, 3.63) is 29.3 Å². The zero-order chi connectivity index (χ0) is 27.8. The van der Waals surface area contributed by atoms with Crippen LogP contribution < -0.4 is 4.90 Å². The van der Waals surface area contributed by atoms with Crippen molar-refractivity contribution in [2.24, 2.45) is 11.8 Å². The van der Waals surface area contributed by atoms with E-state index < -0.39 is 29.0 Å². The van der Waals surface area contributed by atoms with Crippen molar-refractivity contribution in [2.45, 2.75) is 77.7 Å². The van der Waals surface area contributed by atoms with Crippen LogP contribution in [0.3, 0.4) is 0 Å². The number of rotatable bonds is 4. The highest BCUT2D eigenvalue weighted by Crippen LogP contribution is 2.42. The summed E-state index contributed by atoms with van der Waals surface area (Å²) in [6, 6.07) is 3.66.